The van der Waals surface area contributed by atoms with E-state index in [-0.39, 0.29) is 6.10 Å². The fraction of sp³-hybridized carbons (Fsp3) is 0.571. The van der Waals surface area contributed by atoms with E-state index in [2.05, 4.69) is 22.0 Å². The SMILES string of the molecule is NCC1CCOC1c1cc(Br)c2c(c1)OCCCO2. The van der Waals surface area contributed by atoms with E-state index in [0.717, 1.165) is 41.0 Å². The third-order valence-electron chi connectivity index (χ3n) is 3.67. The third-order valence-corrected chi connectivity index (χ3v) is 4.26. The maximum Gasteiger partial charge on any atom is 0.175 e. The minimum Gasteiger partial charge on any atom is -0.490 e. The molecule has 0 bridgehead atoms. The standard InChI is InChI=1S/C14H18BrNO3/c15-11-6-10(13-9(8-16)2-5-19-13)7-12-14(11)18-4-1-3-17-12/h6-7,9,13H,1-5,8,16H2. The molecule has 0 amide bonds. The van der Waals surface area contributed by atoms with Crippen LogP contribution in [0.15, 0.2) is 16.6 Å². The Morgan fingerprint density at radius 1 is 1.21 bits per heavy atom. The molecule has 3 rings (SSSR count). The molecule has 104 valence electrons. The molecule has 0 aliphatic carbocycles. The second kappa shape index (κ2) is 5.69. The number of rotatable bonds is 2. The van der Waals surface area contributed by atoms with E-state index in [1.54, 1.807) is 0 Å². The lowest BCUT2D eigenvalue weighted by Gasteiger charge is -2.19. The highest BCUT2D eigenvalue weighted by Gasteiger charge is 2.30. The third kappa shape index (κ3) is 2.59. The van der Waals surface area contributed by atoms with Crippen LogP contribution in [0.4, 0.5) is 0 Å². The van der Waals surface area contributed by atoms with Crippen LogP contribution in [-0.2, 0) is 4.74 Å². The average Bonchev–Trinajstić information content (AvgIpc) is 2.76. The van der Waals surface area contributed by atoms with Crippen molar-refractivity contribution >= 4 is 15.9 Å². The van der Waals surface area contributed by atoms with Gasteiger partial charge in [-0.2, -0.15) is 0 Å². The van der Waals surface area contributed by atoms with Crippen molar-refractivity contribution in [3.05, 3.63) is 22.2 Å². The summed E-state index contributed by atoms with van der Waals surface area (Å²) in [5.41, 5.74) is 6.93. The summed E-state index contributed by atoms with van der Waals surface area (Å²) < 4.78 is 18.2. The lowest BCUT2D eigenvalue weighted by atomic mass is 9.95. The zero-order valence-electron chi connectivity index (χ0n) is 10.7. The van der Waals surface area contributed by atoms with E-state index >= 15 is 0 Å². The van der Waals surface area contributed by atoms with Crippen LogP contribution in [0.1, 0.15) is 24.5 Å². The summed E-state index contributed by atoms with van der Waals surface area (Å²) in [4.78, 5) is 0. The molecule has 1 aromatic rings. The van der Waals surface area contributed by atoms with Crippen LogP contribution >= 0.6 is 15.9 Å². The topological polar surface area (TPSA) is 53.7 Å². The summed E-state index contributed by atoms with van der Waals surface area (Å²) >= 11 is 3.56. The molecule has 2 atom stereocenters. The minimum absolute atomic E-state index is 0.0680. The van der Waals surface area contributed by atoms with E-state index in [4.69, 9.17) is 19.9 Å². The van der Waals surface area contributed by atoms with Crippen molar-refractivity contribution in [3.8, 4) is 11.5 Å². The molecular weight excluding hydrogens is 310 g/mol. The number of hydrogen-bond donors (Lipinski definition) is 1. The second-order valence-corrected chi connectivity index (χ2v) is 5.81. The number of halogens is 1. The zero-order chi connectivity index (χ0) is 13.2. The van der Waals surface area contributed by atoms with Gasteiger partial charge in [0.15, 0.2) is 11.5 Å². The number of nitrogens with two attached hydrogens (primary N) is 1. The monoisotopic (exact) mass is 327 g/mol. The van der Waals surface area contributed by atoms with Crippen LogP contribution < -0.4 is 15.2 Å². The first-order valence-corrected chi connectivity index (χ1v) is 7.49. The zero-order valence-corrected chi connectivity index (χ0v) is 12.3. The number of ether oxygens (including phenoxy) is 3. The number of fused-ring (bicyclic) bond motifs is 1. The van der Waals surface area contributed by atoms with Crippen LogP contribution in [0, 0.1) is 5.92 Å². The van der Waals surface area contributed by atoms with Gasteiger partial charge in [-0.15, -0.1) is 0 Å². The van der Waals surface area contributed by atoms with E-state index in [9.17, 15) is 0 Å². The van der Waals surface area contributed by atoms with Crippen molar-refractivity contribution in [1.82, 2.24) is 0 Å². The van der Waals surface area contributed by atoms with Crippen molar-refractivity contribution in [3.63, 3.8) is 0 Å². The quantitative estimate of drug-likeness (QED) is 0.907. The van der Waals surface area contributed by atoms with Crippen LogP contribution in [0.3, 0.4) is 0 Å². The molecule has 19 heavy (non-hydrogen) atoms. The molecule has 0 spiro atoms. The summed E-state index contributed by atoms with van der Waals surface area (Å²) in [7, 11) is 0. The summed E-state index contributed by atoms with van der Waals surface area (Å²) in [6.07, 6.45) is 1.99. The van der Waals surface area contributed by atoms with Crippen LogP contribution in [0.2, 0.25) is 0 Å². The summed E-state index contributed by atoms with van der Waals surface area (Å²) in [6, 6.07) is 4.09. The highest BCUT2D eigenvalue weighted by molar-refractivity contribution is 9.10. The van der Waals surface area contributed by atoms with Crippen molar-refractivity contribution in [2.24, 2.45) is 11.7 Å². The lowest BCUT2D eigenvalue weighted by Crippen LogP contribution is -2.18. The van der Waals surface area contributed by atoms with Crippen molar-refractivity contribution < 1.29 is 14.2 Å². The molecule has 2 aliphatic heterocycles. The smallest absolute Gasteiger partial charge is 0.175 e. The number of hydrogen-bond acceptors (Lipinski definition) is 4. The molecule has 1 saturated heterocycles. The highest BCUT2D eigenvalue weighted by Crippen LogP contribution is 2.43. The van der Waals surface area contributed by atoms with Gasteiger partial charge >= 0.3 is 0 Å². The Labute approximate surface area is 121 Å². The van der Waals surface area contributed by atoms with Gasteiger partial charge in [0.25, 0.3) is 0 Å². The summed E-state index contributed by atoms with van der Waals surface area (Å²) in [5.74, 6) is 1.98. The fourth-order valence-electron chi connectivity index (χ4n) is 2.66. The van der Waals surface area contributed by atoms with Crippen molar-refractivity contribution in [2.75, 3.05) is 26.4 Å². The Kier molecular flexibility index (Phi) is 3.96. The Bertz CT molecular complexity index is 466. The highest BCUT2D eigenvalue weighted by atomic mass is 79.9. The predicted molar refractivity (Wildman–Crippen MR) is 75.6 cm³/mol. The van der Waals surface area contributed by atoms with Gasteiger partial charge in [0, 0.05) is 18.9 Å². The molecule has 5 heteroatoms. The fourth-order valence-corrected chi connectivity index (χ4v) is 3.23. The average molecular weight is 328 g/mol. The first-order chi connectivity index (χ1) is 9.29. The molecule has 0 saturated carbocycles. The van der Waals surface area contributed by atoms with E-state index < -0.39 is 0 Å². The summed E-state index contributed by atoms with van der Waals surface area (Å²) in [6.45, 7) is 2.81. The van der Waals surface area contributed by atoms with Gasteiger partial charge < -0.3 is 19.9 Å². The molecular formula is C14H18BrNO3. The Morgan fingerprint density at radius 3 is 2.89 bits per heavy atom. The van der Waals surface area contributed by atoms with Gasteiger partial charge in [-0.25, -0.2) is 0 Å². The van der Waals surface area contributed by atoms with Crippen LogP contribution in [0.25, 0.3) is 0 Å². The molecule has 2 N–H and O–H groups in total. The predicted octanol–water partition coefficient (Wildman–Crippen LogP) is 2.65. The Hall–Kier alpha value is -0.780. The molecule has 0 radical (unpaired) electrons. The first-order valence-electron chi connectivity index (χ1n) is 6.70. The van der Waals surface area contributed by atoms with E-state index in [0.29, 0.717) is 25.7 Å². The normalized spacial score (nSPS) is 26.2. The second-order valence-electron chi connectivity index (χ2n) is 4.96. The molecule has 1 fully saturated rings. The Balaban J connectivity index is 1.94. The van der Waals surface area contributed by atoms with Crippen molar-refractivity contribution in [2.45, 2.75) is 18.9 Å². The maximum absolute atomic E-state index is 5.82. The first kappa shape index (κ1) is 13.2. The molecule has 2 unspecified atom stereocenters. The minimum atomic E-state index is 0.0680. The van der Waals surface area contributed by atoms with Gasteiger partial charge in [-0.1, -0.05) is 0 Å². The lowest BCUT2D eigenvalue weighted by molar-refractivity contribution is 0.0921. The van der Waals surface area contributed by atoms with E-state index in [1.165, 1.54) is 0 Å². The molecule has 0 aromatic heterocycles. The molecule has 2 aliphatic rings. The van der Waals surface area contributed by atoms with Gasteiger partial charge in [-0.3, -0.25) is 0 Å². The van der Waals surface area contributed by atoms with Gasteiger partial charge in [0.05, 0.1) is 23.8 Å². The van der Waals surface area contributed by atoms with Crippen LogP contribution in [0.5, 0.6) is 11.5 Å². The van der Waals surface area contributed by atoms with Crippen LogP contribution in [-0.4, -0.2) is 26.4 Å². The molecule has 4 nitrogen and oxygen atoms in total. The number of benzene rings is 1. The summed E-state index contributed by atoms with van der Waals surface area (Å²) in [5, 5.41) is 0. The maximum atomic E-state index is 5.82. The van der Waals surface area contributed by atoms with Gasteiger partial charge in [0.2, 0.25) is 0 Å². The Morgan fingerprint density at radius 2 is 2.05 bits per heavy atom. The molecule has 2 heterocycles. The largest absolute Gasteiger partial charge is 0.490 e. The van der Waals surface area contributed by atoms with Gasteiger partial charge in [-0.05, 0) is 46.6 Å². The van der Waals surface area contributed by atoms with Gasteiger partial charge in [0.1, 0.15) is 0 Å². The van der Waals surface area contributed by atoms with E-state index in [1.807, 2.05) is 6.07 Å². The molecule has 1 aromatic carbocycles. The van der Waals surface area contributed by atoms with Crippen molar-refractivity contribution in [1.29, 1.82) is 0 Å².